The maximum absolute atomic E-state index is 13.8. The van der Waals surface area contributed by atoms with Gasteiger partial charge in [-0.05, 0) is 56.7 Å². The molecule has 0 aliphatic rings. The van der Waals surface area contributed by atoms with Gasteiger partial charge in [0.25, 0.3) is 0 Å². The Morgan fingerprint density at radius 2 is 1.51 bits per heavy atom. The minimum atomic E-state index is -5.08. The predicted octanol–water partition coefficient (Wildman–Crippen LogP) is 6.53. The van der Waals surface area contributed by atoms with Crippen molar-refractivity contribution in [1.82, 2.24) is 4.98 Å². The van der Waals surface area contributed by atoms with Crippen molar-refractivity contribution >= 4 is 29.0 Å². The number of rotatable bonds is 8. The van der Waals surface area contributed by atoms with Crippen LogP contribution < -0.4 is 10.2 Å². The number of aromatic nitrogens is 1. The average Bonchev–Trinajstić information content (AvgIpc) is 2.89. The van der Waals surface area contributed by atoms with Crippen LogP contribution in [0.3, 0.4) is 0 Å². The molecule has 0 bridgehead atoms. The number of pyridine rings is 1. The second-order valence-corrected chi connectivity index (χ2v) is 10.4. The van der Waals surface area contributed by atoms with E-state index in [2.05, 4.69) is 10.3 Å². The zero-order valence-corrected chi connectivity index (χ0v) is 23.2. The van der Waals surface area contributed by atoms with Gasteiger partial charge in [0.15, 0.2) is 0 Å². The fraction of sp³-hybridized carbons (Fsp3) is 0.357. The Morgan fingerprint density at radius 1 is 0.976 bits per heavy atom. The molecule has 1 aromatic heterocycles. The number of likely N-dealkylation sites (N-methyl/N-ethyl adjacent to an activating group) is 1. The van der Waals surface area contributed by atoms with Crippen LogP contribution in [0.2, 0.25) is 5.02 Å². The molecule has 0 saturated heterocycles. The number of aliphatic hydroxyl groups is 2. The molecular formula is C28H28ClF6N3O3. The highest BCUT2D eigenvalue weighted by atomic mass is 35.5. The third kappa shape index (κ3) is 7.11. The van der Waals surface area contributed by atoms with E-state index in [1.54, 1.807) is 24.3 Å². The van der Waals surface area contributed by atoms with E-state index in [1.807, 2.05) is 0 Å². The first-order valence-electron chi connectivity index (χ1n) is 12.3. The van der Waals surface area contributed by atoms with Gasteiger partial charge in [0.1, 0.15) is 5.82 Å². The Kier molecular flexibility index (Phi) is 9.31. The minimum absolute atomic E-state index is 0.00576. The molecule has 222 valence electrons. The van der Waals surface area contributed by atoms with Gasteiger partial charge in [-0.15, -0.1) is 0 Å². The number of benzene rings is 2. The number of carbonyl (C=O) groups is 1. The maximum Gasteiger partial charge on any atom is 0.416 e. The summed E-state index contributed by atoms with van der Waals surface area (Å²) in [5, 5.41) is 22.6. The van der Waals surface area contributed by atoms with Gasteiger partial charge in [0.05, 0.1) is 47.2 Å². The van der Waals surface area contributed by atoms with E-state index in [1.165, 1.54) is 40.1 Å². The van der Waals surface area contributed by atoms with Gasteiger partial charge in [-0.3, -0.25) is 4.79 Å². The highest BCUT2D eigenvalue weighted by Gasteiger charge is 2.41. The minimum Gasteiger partial charge on any atom is -0.394 e. The van der Waals surface area contributed by atoms with Gasteiger partial charge in [0.2, 0.25) is 5.91 Å². The fourth-order valence-corrected chi connectivity index (χ4v) is 4.40. The van der Waals surface area contributed by atoms with Crippen LogP contribution in [0.1, 0.15) is 37.5 Å². The second-order valence-electron chi connectivity index (χ2n) is 10.0. The third-order valence-electron chi connectivity index (χ3n) is 6.67. The van der Waals surface area contributed by atoms with E-state index in [9.17, 15) is 41.4 Å². The van der Waals surface area contributed by atoms with E-state index in [0.29, 0.717) is 23.3 Å². The molecule has 1 heterocycles. The molecule has 41 heavy (non-hydrogen) atoms. The second kappa shape index (κ2) is 11.9. The Bertz CT molecular complexity index is 1380. The van der Waals surface area contributed by atoms with Crippen LogP contribution in [0, 0.1) is 0 Å². The summed E-state index contributed by atoms with van der Waals surface area (Å²) in [6.45, 7) is 3.50. The molecule has 3 N–H and O–H groups in total. The van der Waals surface area contributed by atoms with E-state index in [0.717, 1.165) is 4.90 Å². The molecule has 0 aliphatic heterocycles. The molecule has 6 nitrogen and oxygen atoms in total. The van der Waals surface area contributed by atoms with E-state index in [4.69, 9.17) is 11.6 Å². The molecule has 2 atom stereocenters. The van der Waals surface area contributed by atoms with Crippen molar-refractivity contribution in [2.45, 2.75) is 50.7 Å². The van der Waals surface area contributed by atoms with Crippen molar-refractivity contribution < 1.29 is 41.4 Å². The number of alkyl halides is 6. The molecule has 13 heteroatoms. The fourth-order valence-electron chi connectivity index (χ4n) is 4.17. The van der Waals surface area contributed by atoms with Crippen LogP contribution in [-0.4, -0.2) is 46.9 Å². The first kappa shape index (κ1) is 32.2. The van der Waals surface area contributed by atoms with Crippen LogP contribution in [0.4, 0.5) is 37.8 Å². The number of halogens is 7. The molecule has 0 fully saturated rings. The zero-order valence-electron chi connectivity index (χ0n) is 22.4. The largest absolute Gasteiger partial charge is 0.416 e. The van der Waals surface area contributed by atoms with Gasteiger partial charge in [-0.1, -0.05) is 29.8 Å². The summed E-state index contributed by atoms with van der Waals surface area (Å²) in [6.07, 6.45) is -9.84. The van der Waals surface area contributed by atoms with Gasteiger partial charge in [0, 0.05) is 23.2 Å². The molecule has 0 radical (unpaired) electrons. The first-order chi connectivity index (χ1) is 18.9. The number of nitrogens with zero attached hydrogens (tertiary/aromatic N) is 2. The van der Waals surface area contributed by atoms with Crippen molar-refractivity contribution in [3.63, 3.8) is 0 Å². The third-order valence-corrected chi connectivity index (χ3v) is 7.00. The lowest BCUT2D eigenvalue weighted by molar-refractivity contribution is -0.143. The molecule has 0 spiro atoms. The van der Waals surface area contributed by atoms with E-state index >= 15 is 0 Å². The van der Waals surface area contributed by atoms with Crippen molar-refractivity contribution in [3.05, 3.63) is 76.4 Å². The first-order valence-corrected chi connectivity index (χ1v) is 12.6. The molecule has 3 aromatic rings. The Morgan fingerprint density at radius 3 is 2.00 bits per heavy atom. The number of hydrogen-bond acceptors (Lipinski definition) is 5. The summed E-state index contributed by atoms with van der Waals surface area (Å²) in [5.74, 6) is -0.616. The van der Waals surface area contributed by atoms with Crippen molar-refractivity contribution in [2.24, 2.45) is 0 Å². The number of aliphatic hydroxyl groups excluding tert-OH is 2. The average molecular weight is 604 g/mol. The Balaban J connectivity index is 2.14. The van der Waals surface area contributed by atoms with Crippen LogP contribution in [0.25, 0.3) is 11.1 Å². The Hall–Kier alpha value is -3.35. The summed E-state index contributed by atoms with van der Waals surface area (Å²) in [5.41, 5.74) is -4.44. The number of carbonyl (C=O) groups excluding carboxylic acids is 1. The number of amides is 1. The summed E-state index contributed by atoms with van der Waals surface area (Å²) in [4.78, 5) is 19.1. The summed E-state index contributed by atoms with van der Waals surface area (Å²) >= 11 is 6.42. The SMILES string of the molecule is C[C@H](O)[C@H](CO)Nc1cc(-c2ccccc2Cl)c(N(C)C(=O)C(C)(C)c2cc(C(F)(F)F)cc(C(F)(F)F)c2)cn1. The maximum atomic E-state index is 13.8. The molecule has 0 unspecified atom stereocenters. The lowest BCUT2D eigenvalue weighted by atomic mass is 9.81. The standard InChI is InChI=1S/C28H28ClF6N3O3/c1-15(40)22(14-39)37-24-12-20(19-7-5-6-8-21(19)29)23(13-36-24)38(4)25(41)26(2,3)16-9-17(27(30,31)32)11-18(10-16)28(33,34)35/h5-13,15,22,39-40H,14H2,1-4H3,(H,36,37)/t15-,22-/m0/s1. The van der Waals surface area contributed by atoms with Gasteiger partial charge in [-0.25, -0.2) is 4.98 Å². The van der Waals surface area contributed by atoms with Crippen LogP contribution in [0.5, 0.6) is 0 Å². The molecular weight excluding hydrogens is 576 g/mol. The summed E-state index contributed by atoms with van der Waals surface area (Å²) < 4.78 is 81.1. The predicted molar refractivity (Wildman–Crippen MR) is 144 cm³/mol. The quantitative estimate of drug-likeness (QED) is 0.255. The topological polar surface area (TPSA) is 85.7 Å². The van der Waals surface area contributed by atoms with Gasteiger partial charge in [-0.2, -0.15) is 26.3 Å². The van der Waals surface area contributed by atoms with Crippen LogP contribution in [-0.2, 0) is 22.6 Å². The van der Waals surface area contributed by atoms with E-state index in [-0.39, 0.29) is 22.6 Å². The lowest BCUT2D eigenvalue weighted by Crippen LogP contribution is -2.42. The highest BCUT2D eigenvalue weighted by Crippen LogP contribution is 2.41. The van der Waals surface area contributed by atoms with Gasteiger partial charge >= 0.3 is 12.4 Å². The number of hydrogen-bond donors (Lipinski definition) is 3. The van der Waals surface area contributed by atoms with Crippen molar-refractivity contribution in [3.8, 4) is 11.1 Å². The van der Waals surface area contributed by atoms with Crippen molar-refractivity contribution in [1.29, 1.82) is 0 Å². The number of nitrogens with one attached hydrogen (secondary N) is 1. The van der Waals surface area contributed by atoms with Crippen LogP contribution in [0.15, 0.2) is 54.7 Å². The van der Waals surface area contributed by atoms with E-state index < -0.39 is 59.1 Å². The lowest BCUT2D eigenvalue weighted by Gasteiger charge is -2.32. The van der Waals surface area contributed by atoms with Crippen molar-refractivity contribution in [2.75, 3.05) is 23.9 Å². The van der Waals surface area contributed by atoms with Gasteiger partial charge < -0.3 is 20.4 Å². The molecule has 2 aromatic carbocycles. The molecule has 0 aliphatic carbocycles. The normalized spacial score (nSPS) is 14.0. The monoisotopic (exact) mass is 603 g/mol. The molecule has 1 amide bonds. The summed E-state index contributed by atoms with van der Waals surface area (Å²) in [6, 6.07) is 8.38. The smallest absolute Gasteiger partial charge is 0.394 e. The highest BCUT2D eigenvalue weighted by molar-refractivity contribution is 6.33. The molecule has 0 saturated carbocycles. The van der Waals surface area contributed by atoms with Crippen LogP contribution >= 0.6 is 11.6 Å². The zero-order chi connectivity index (χ0) is 30.9. The Labute approximate surface area is 237 Å². The summed E-state index contributed by atoms with van der Waals surface area (Å²) in [7, 11) is 1.32. The number of anilines is 2. The molecule has 3 rings (SSSR count).